The van der Waals surface area contributed by atoms with Gasteiger partial charge in [-0.1, -0.05) is 224 Å². The van der Waals surface area contributed by atoms with E-state index in [2.05, 4.69) is 216 Å². The van der Waals surface area contributed by atoms with Crippen molar-refractivity contribution in [2.24, 2.45) is 0 Å². The zero-order valence-corrected chi connectivity index (χ0v) is 65.2. The van der Waals surface area contributed by atoms with Crippen LogP contribution in [0.15, 0.2) is 190 Å². The lowest BCUT2D eigenvalue weighted by molar-refractivity contribution is 0.759. The molecule has 98 heavy (non-hydrogen) atoms. The molecule has 532 valence electrons. The van der Waals surface area contributed by atoms with E-state index in [9.17, 15) is 0 Å². The Labute approximate surface area is 589 Å². The Hall–Kier alpha value is -9.31. The molecule has 14 rings (SSSR count). The Morgan fingerprint density at radius 1 is 0.327 bits per heavy atom. The van der Waals surface area contributed by atoms with E-state index >= 15 is 0 Å². The van der Waals surface area contributed by atoms with Crippen molar-refractivity contribution in [1.82, 2.24) is 77.3 Å². The second kappa shape index (κ2) is 48.4. The van der Waals surface area contributed by atoms with Crippen molar-refractivity contribution in [1.29, 1.82) is 0 Å². The quantitative estimate of drug-likeness (QED) is 0.158. The minimum Gasteiger partial charge on any atom is -0.361 e. The fourth-order valence-electron chi connectivity index (χ4n) is 9.64. The van der Waals surface area contributed by atoms with Crippen molar-refractivity contribution in [3.05, 3.63) is 230 Å². The summed E-state index contributed by atoms with van der Waals surface area (Å²) in [6.07, 6.45) is 30.5. The molecule has 0 fully saturated rings. The Balaban J connectivity index is 0.000000554. The molecular formula is C82H124N16. The van der Waals surface area contributed by atoms with Crippen LogP contribution in [0.25, 0.3) is 50.2 Å². The van der Waals surface area contributed by atoms with Crippen LogP contribution in [0.3, 0.4) is 0 Å². The number of pyridine rings is 3. The van der Waals surface area contributed by atoms with Gasteiger partial charge in [-0.15, -0.1) is 0 Å². The third-order valence-electron chi connectivity index (χ3n) is 14.2. The normalized spacial score (nSPS) is 10.1. The highest BCUT2D eigenvalue weighted by Crippen LogP contribution is 2.26. The van der Waals surface area contributed by atoms with Crippen LogP contribution in [0.4, 0.5) is 0 Å². The van der Waals surface area contributed by atoms with Crippen LogP contribution in [-0.2, 0) is 0 Å². The molecule has 0 aliphatic heterocycles. The average Bonchev–Trinajstić information content (AvgIpc) is 1.77. The number of fused-ring (bicyclic) bond motifs is 7. The summed E-state index contributed by atoms with van der Waals surface area (Å²) in [4.78, 5) is 35.7. The van der Waals surface area contributed by atoms with Gasteiger partial charge in [0.05, 0.1) is 36.0 Å². The van der Waals surface area contributed by atoms with Gasteiger partial charge < -0.3 is 18.8 Å². The summed E-state index contributed by atoms with van der Waals surface area (Å²) < 4.78 is 10.0. The highest BCUT2D eigenvalue weighted by molar-refractivity contribution is 5.83. The van der Waals surface area contributed by atoms with E-state index in [4.69, 9.17) is 0 Å². The van der Waals surface area contributed by atoms with Gasteiger partial charge in [-0.3, -0.25) is 9.38 Å². The number of aromatic nitrogens is 16. The lowest BCUT2D eigenvalue weighted by Crippen LogP contribution is -1.97. The molecule has 16 nitrogen and oxygen atoms in total. The van der Waals surface area contributed by atoms with Crippen LogP contribution >= 0.6 is 0 Å². The van der Waals surface area contributed by atoms with Gasteiger partial charge >= 0.3 is 0 Å². The summed E-state index contributed by atoms with van der Waals surface area (Å²) in [5, 5.41) is 11.1. The first-order chi connectivity index (χ1) is 47.5. The van der Waals surface area contributed by atoms with Gasteiger partial charge in [0.2, 0.25) is 5.78 Å². The van der Waals surface area contributed by atoms with Gasteiger partial charge in [-0.25, -0.2) is 38.9 Å². The van der Waals surface area contributed by atoms with Gasteiger partial charge in [-0.2, -0.15) is 10.2 Å². The molecule has 0 radical (unpaired) electrons. The molecular weight excluding hydrogens is 1210 g/mol. The number of benzene rings is 1. The number of para-hydroxylation sites is 1. The molecule has 0 aliphatic rings. The van der Waals surface area contributed by atoms with E-state index in [0.717, 1.165) is 34.1 Å². The van der Waals surface area contributed by atoms with Gasteiger partial charge in [0.1, 0.15) is 11.3 Å². The number of nitrogens with zero attached hydrogens (tertiary/aromatic N) is 14. The third kappa shape index (κ3) is 25.3. The topological polar surface area (TPSA) is 170 Å². The van der Waals surface area contributed by atoms with Crippen LogP contribution in [0.1, 0.15) is 275 Å². The van der Waals surface area contributed by atoms with Crippen molar-refractivity contribution >= 4 is 50.2 Å². The maximum absolute atomic E-state index is 4.30. The number of nitrogens with one attached hydrogen (secondary N) is 2. The number of aromatic amines is 2. The molecule has 16 heteroatoms. The molecule has 14 aromatic rings. The van der Waals surface area contributed by atoms with Gasteiger partial charge in [0.15, 0.2) is 11.3 Å². The predicted molar refractivity (Wildman–Crippen MR) is 422 cm³/mol. The highest BCUT2D eigenvalue weighted by atomic mass is 15.3. The molecule has 0 atom stereocenters. The lowest BCUT2D eigenvalue weighted by atomic mass is 10.0. The summed E-state index contributed by atoms with van der Waals surface area (Å²) in [6.45, 7) is 58.4. The summed E-state index contributed by atoms with van der Waals surface area (Å²) >= 11 is 0. The molecule has 0 saturated heterocycles. The van der Waals surface area contributed by atoms with Gasteiger partial charge in [0, 0.05) is 113 Å². The monoisotopic (exact) mass is 1330 g/mol. The molecule has 0 unspecified atom stereocenters. The Kier molecular flexibility index (Phi) is 42.8. The van der Waals surface area contributed by atoms with Crippen LogP contribution in [0.2, 0.25) is 0 Å². The Bertz CT molecular complexity index is 3640. The van der Waals surface area contributed by atoms with Crippen LogP contribution in [0.5, 0.6) is 0 Å². The largest absolute Gasteiger partial charge is 0.361 e. The summed E-state index contributed by atoms with van der Waals surface area (Å²) in [6, 6.07) is 30.5. The average molecular weight is 1330 g/mol. The number of H-pyrrole nitrogens is 2. The van der Waals surface area contributed by atoms with Crippen LogP contribution in [-0.4, -0.2) is 77.3 Å². The fraction of sp³-hybridized carbons (Fsp3) is 0.427. The van der Waals surface area contributed by atoms with E-state index in [1.807, 2.05) is 221 Å². The first-order valence-corrected chi connectivity index (χ1v) is 36.2. The van der Waals surface area contributed by atoms with E-state index in [1.54, 1.807) is 24.8 Å². The number of imidazole rings is 4. The maximum atomic E-state index is 4.30. The SMILES string of the molecule is CC.CC.CC.CC.CC.CC.CC.CC(C)c1c[nH]c2ccccc12.CC(C)c1ccnc2[nH]ccc12.CC(C)c1cnc2ccccn12.CC(C)c1cnc2cccnn12.CC(C)c1cnc2cnccn12.CC(C)c1cnc2ncccn12.CC(C)c1cnn2ccccc12. The van der Waals surface area contributed by atoms with Crippen molar-refractivity contribution < 1.29 is 0 Å². The maximum Gasteiger partial charge on any atom is 0.233 e. The number of rotatable bonds is 7. The van der Waals surface area contributed by atoms with Crippen molar-refractivity contribution in [2.45, 2.75) is 235 Å². The predicted octanol–water partition coefficient (Wildman–Crippen LogP) is 23.6. The summed E-state index contributed by atoms with van der Waals surface area (Å²) in [5.74, 6) is 4.47. The Morgan fingerprint density at radius 3 is 1.47 bits per heavy atom. The minimum absolute atomic E-state index is 0.468. The lowest BCUT2D eigenvalue weighted by Gasteiger charge is -2.05. The standard InChI is InChI=1S/C11H13N.3C10H12N2.3C9H11N3.7C2H6/c1-8(2)10-7-12-11-6-4-3-5-9(10)11;1-7(2)8-3-5-11-10-9(8)4-6-12-10;1-8(2)9-7-11-10-5-3-4-6-12(9)10;1-8(2)9-7-11-12-6-4-3-5-10(9)12;1-7(2)8-5-11-9-6-10-3-4-12(8)9;1-7(2)8-6-11-9-10-4-3-5-12(8)9;1-7(2)8-6-10-9-4-3-5-11-12(8)9;7*1-2/h3-8,12H,1-2H3;3-7H,1-2H3,(H,11,12);2*3-8H,1-2H3;3*3-7H,1-2H3;7*1-2H3. The fourth-order valence-corrected chi connectivity index (χ4v) is 9.64. The number of hydrogen-bond acceptors (Lipinski definition) is 9. The van der Waals surface area contributed by atoms with Gasteiger partial charge in [-0.05, 0) is 113 Å². The molecule has 0 amide bonds. The second-order valence-corrected chi connectivity index (χ2v) is 22.7. The Morgan fingerprint density at radius 2 is 0.847 bits per heavy atom. The third-order valence-corrected chi connectivity index (χ3v) is 14.2. The summed E-state index contributed by atoms with van der Waals surface area (Å²) in [5.41, 5.74) is 15.3. The van der Waals surface area contributed by atoms with E-state index in [0.29, 0.717) is 41.4 Å². The van der Waals surface area contributed by atoms with Crippen LogP contribution in [0, 0.1) is 0 Å². The van der Waals surface area contributed by atoms with Crippen molar-refractivity contribution in [3.63, 3.8) is 0 Å². The molecule has 13 aromatic heterocycles. The first kappa shape index (κ1) is 86.7. The molecule has 0 bridgehead atoms. The van der Waals surface area contributed by atoms with Crippen LogP contribution < -0.4 is 0 Å². The zero-order valence-electron chi connectivity index (χ0n) is 65.2. The second-order valence-electron chi connectivity index (χ2n) is 22.7. The zero-order chi connectivity index (χ0) is 73.9. The minimum atomic E-state index is 0.468. The van der Waals surface area contributed by atoms with E-state index in [1.165, 1.54) is 55.6 Å². The molecule has 0 aliphatic carbocycles. The van der Waals surface area contributed by atoms with E-state index < -0.39 is 0 Å². The molecule has 2 N–H and O–H groups in total. The molecule has 0 saturated carbocycles. The smallest absolute Gasteiger partial charge is 0.233 e. The molecule has 1 aromatic carbocycles. The van der Waals surface area contributed by atoms with Crippen molar-refractivity contribution in [3.8, 4) is 0 Å². The highest BCUT2D eigenvalue weighted by Gasteiger charge is 2.11. The molecule has 0 spiro atoms. The van der Waals surface area contributed by atoms with E-state index in [-0.39, 0.29) is 0 Å². The first-order valence-electron chi connectivity index (χ1n) is 36.2. The van der Waals surface area contributed by atoms with Gasteiger partial charge in [0.25, 0.3) is 0 Å². The van der Waals surface area contributed by atoms with Crippen molar-refractivity contribution in [2.75, 3.05) is 0 Å². The molecule has 13 heterocycles. The summed E-state index contributed by atoms with van der Waals surface area (Å²) in [7, 11) is 0. The number of hydrogen-bond donors (Lipinski definition) is 2.